The summed E-state index contributed by atoms with van der Waals surface area (Å²) in [5.41, 5.74) is 0.621. The Labute approximate surface area is 120 Å². The van der Waals surface area contributed by atoms with Crippen molar-refractivity contribution in [2.45, 2.75) is 11.3 Å². The highest BCUT2D eigenvalue weighted by atomic mass is 79.9. The summed E-state index contributed by atoms with van der Waals surface area (Å²) < 4.78 is 29.3. The molecule has 102 valence electrons. The lowest BCUT2D eigenvalue weighted by atomic mass is 10.3. The first-order valence-corrected chi connectivity index (χ1v) is 8.42. The van der Waals surface area contributed by atoms with Crippen LogP contribution in [0.1, 0.15) is 5.76 Å². The zero-order valence-electron chi connectivity index (χ0n) is 10.4. The van der Waals surface area contributed by atoms with Crippen molar-refractivity contribution in [3.63, 3.8) is 0 Å². The zero-order valence-corrected chi connectivity index (χ0v) is 12.8. The van der Waals surface area contributed by atoms with Gasteiger partial charge < -0.3 is 9.73 Å². The van der Waals surface area contributed by atoms with E-state index in [4.69, 9.17) is 4.42 Å². The molecule has 1 aromatic carbocycles. The monoisotopic (exact) mass is 343 g/mol. The average Bonchev–Trinajstić information content (AvgIpc) is 2.74. The van der Waals surface area contributed by atoms with E-state index in [1.807, 2.05) is 12.1 Å². The summed E-state index contributed by atoms with van der Waals surface area (Å²) in [6, 6.07) is 10.6. The molecule has 2 rings (SSSR count). The van der Waals surface area contributed by atoms with Crippen LogP contribution in [0.15, 0.2) is 50.4 Å². The van der Waals surface area contributed by atoms with Crippen molar-refractivity contribution in [1.82, 2.24) is 0 Å². The van der Waals surface area contributed by atoms with Gasteiger partial charge in [0.15, 0.2) is 14.5 Å². The SMILES string of the molecule is CS(=O)(=O)c1ccccc1NCCc1ccc(Br)o1. The fourth-order valence-electron chi connectivity index (χ4n) is 1.74. The Morgan fingerprint density at radius 2 is 1.95 bits per heavy atom. The van der Waals surface area contributed by atoms with Crippen molar-refractivity contribution in [3.8, 4) is 0 Å². The third-order valence-electron chi connectivity index (χ3n) is 2.60. The fourth-order valence-corrected chi connectivity index (χ4v) is 2.95. The molecule has 0 saturated heterocycles. The minimum atomic E-state index is -3.22. The first-order chi connectivity index (χ1) is 8.97. The summed E-state index contributed by atoms with van der Waals surface area (Å²) in [6.45, 7) is 0.604. The van der Waals surface area contributed by atoms with E-state index in [1.165, 1.54) is 6.26 Å². The number of nitrogens with one attached hydrogen (secondary N) is 1. The van der Waals surface area contributed by atoms with Gasteiger partial charge in [-0.25, -0.2) is 8.42 Å². The lowest BCUT2D eigenvalue weighted by molar-refractivity contribution is 0.491. The molecule has 0 aliphatic heterocycles. The number of para-hydroxylation sites is 1. The van der Waals surface area contributed by atoms with Crippen LogP contribution in [0, 0.1) is 0 Å². The van der Waals surface area contributed by atoms with Gasteiger partial charge in [0, 0.05) is 19.2 Å². The van der Waals surface area contributed by atoms with Crippen LogP contribution < -0.4 is 5.32 Å². The van der Waals surface area contributed by atoms with Gasteiger partial charge >= 0.3 is 0 Å². The Hall–Kier alpha value is -1.27. The molecule has 1 N–H and O–H groups in total. The third kappa shape index (κ3) is 3.84. The number of sulfone groups is 1. The zero-order chi connectivity index (χ0) is 13.9. The number of halogens is 1. The minimum Gasteiger partial charge on any atom is -0.454 e. The van der Waals surface area contributed by atoms with Gasteiger partial charge in [0.1, 0.15) is 5.76 Å². The smallest absolute Gasteiger partial charge is 0.177 e. The molecule has 0 aliphatic carbocycles. The Bertz CT molecular complexity index is 664. The average molecular weight is 344 g/mol. The number of hydrogen-bond donors (Lipinski definition) is 1. The topological polar surface area (TPSA) is 59.3 Å². The Morgan fingerprint density at radius 1 is 1.21 bits per heavy atom. The van der Waals surface area contributed by atoms with Crippen LogP contribution in [-0.2, 0) is 16.3 Å². The van der Waals surface area contributed by atoms with Crippen LogP contribution in [-0.4, -0.2) is 21.2 Å². The molecule has 1 aromatic heterocycles. The van der Waals surface area contributed by atoms with Crippen LogP contribution in [0.4, 0.5) is 5.69 Å². The van der Waals surface area contributed by atoms with Crippen molar-refractivity contribution >= 4 is 31.5 Å². The maximum Gasteiger partial charge on any atom is 0.177 e. The largest absolute Gasteiger partial charge is 0.454 e. The number of hydrogen-bond acceptors (Lipinski definition) is 4. The highest BCUT2D eigenvalue weighted by Gasteiger charge is 2.12. The number of anilines is 1. The Balaban J connectivity index is 2.04. The second-order valence-electron chi connectivity index (χ2n) is 4.15. The Kier molecular flexibility index (Phi) is 4.31. The minimum absolute atomic E-state index is 0.315. The summed E-state index contributed by atoms with van der Waals surface area (Å²) in [6.07, 6.45) is 1.89. The van der Waals surface area contributed by atoms with Crippen molar-refractivity contribution in [1.29, 1.82) is 0 Å². The third-order valence-corrected chi connectivity index (χ3v) is 4.18. The summed E-state index contributed by atoms with van der Waals surface area (Å²) in [4.78, 5) is 0.315. The Morgan fingerprint density at radius 3 is 2.58 bits per heavy atom. The second kappa shape index (κ2) is 5.79. The molecule has 2 aromatic rings. The quantitative estimate of drug-likeness (QED) is 0.906. The van der Waals surface area contributed by atoms with Gasteiger partial charge in [-0.15, -0.1) is 0 Å². The second-order valence-corrected chi connectivity index (χ2v) is 6.92. The van der Waals surface area contributed by atoms with Gasteiger partial charge in [0.05, 0.1) is 10.6 Å². The van der Waals surface area contributed by atoms with Crippen LogP contribution in [0.5, 0.6) is 0 Å². The predicted molar refractivity (Wildman–Crippen MR) is 78.2 cm³/mol. The molecule has 0 aliphatic rings. The molecule has 0 amide bonds. The molecule has 0 saturated carbocycles. The maximum absolute atomic E-state index is 11.6. The first kappa shape index (κ1) is 14.1. The molecular weight excluding hydrogens is 330 g/mol. The van der Waals surface area contributed by atoms with E-state index < -0.39 is 9.84 Å². The summed E-state index contributed by atoms with van der Waals surface area (Å²) in [7, 11) is -3.22. The van der Waals surface area contributed by atoms with Crippen molar-refractivity contribution in [2.24, 2.45) is 0 Å². The van der Waals surface area contributed by atoms with E-state index in [0.29, 0.717) is 28.2 Å². The normalized spacial score (nSPS) is 11.5. The van der Waals surface area contributed by atoms with Gasteiger partial charge in [-0.05, 0) is 40.2 Å². The standard InChI is InChI=1S/C13H14BrNO3S/c1-19(16,17)12-5-3-2-4-11(12)15-9-8-10-6-7-13(14)18-10/h2-7,15H,8-9H2,1H3. The molecular formula is C13H14BrNO3S. The van der Waals surface area contributed by atoms with E-state index in [-0.39, 0.29) is 0 Å². The molecule has 0 fully saturated rings. The highest BCUT2D eigenvalue weighted by molar-refractivity contribution is 9.10. The molecule has 0 unspecified atom stereocenters. The lowest BCUT2D eigenvalue weighted by Crippen LogP contribution is -2.08. The van der Waals surface area contributed by atoms with Crippen molar-refractivity contribution in [3.05, 3.63) is 46.8 Å². The van der Waals surface area contributed by atoms with E-state index in [9.17, 15) is 8.42 Å². The van der Waals surface area contributed by atoms with Gasteiger partial charge in [-0.3, -0.25) is 0 Å². The predicted octanol–water partition coefficient (Wildman–Crippen LogP) is 3.10. The van der Waals surface area contributed by atoms with E-state index >= 15 is 0 Å². The van der Waals surface area contributed by atoms with Gasteiger partial charge in [-0.2, -0.15) is 0 Å². The lowest BCUT2D eigenvalue weighted by Gasteiger charge is -2.09. The molecule has 4 nitrogen and oxygen atoms in total. The molecule has 0 atom stereocenters. The maximum atomic E-state index is 11.6. The molecule has 0 spiro atoms. The van der Waals surface area contributed by atoms with Gasteiger partial charge in [0.2, 0.25) is 0 Å². The number of benzene rings is 1. The molecule has 0 radical (unpaired) electrons. The van der Waals surface area contributed by atoms with E-state index in [1.54, 1.807) is 24.3 Å². The number of rotatable bonds is 5. The van der Waals surface area contributed by atoms with Crippen LogP contribution in [0.3, 0.4) is 0 Å². The van der Waals surface area contributed by atoms with Crippen molar-refractivity contribution < 1.29 is 12.8 Å². The first-order valence-electron chi connectivity index (χ1n) is 5.74. The van der Waals surface area contributed by atoms with E-state index in [0.717, 1.165) is 5.76 Å². The molecule has 19 heavy (non-hydrogen) atoms. The van der Waals surface area contributed by atoms with Crippen LogP contribution in [0.2, 0.25) is 0 Å². The van der Waals surface area contributed by atoms with Gasteiger partial charge in [-0.1, -0.05) is 12.1 Å². The van der Waals surface area contributed by atoms with Crippen LogP contribution >= 0.6 is 15.9 Å². The van der Waals surface area contributed by atoms with Crippen molar-refractivity contribution in [2.75, 3.05) is 18.1 Å². The molecule has 0 bridgehead atoms. The fraction of sp³-hybridized carbons (Fsp3) is 0.231. The highest BCUT2D eigenvalue weighted by Crippen LogP contribution is 2.21. The number of furan rings is 1. The molecule has 1 heterocycles. The van der Waals surface area contributed by atoms with E-state index in [2.05, 4.69) is 21.2 Å². The van der Waals surface area contributed by atoms with Gasteiger partial charge in [0.25, 0.3) is 0 Å². The summed E-state index contributed by atoms with van der Waals surface area (Å²) in [5.74, 6) is 0.844. The molecule has 6 heteroatoms. The van der Waals surface area contributed by atoms with Crippen LogP contribution in [0.25, 0.3) is 0 Å². The summed E-state index contributed by atoms with van der Waals surface area (Å²) in [5, 5.41) is 3.12. The summed E-state index contributed by atoms with van der Waals surface area (Å²) >= 11 is 3.24.